The molecule has 0 spiro atoms. The molecule has 2 rings (SSSR count). The highest BCUT2D eigenvalue weighted by atomic mass is 32.1. The Balaban J connectivity index is 1.75. The van der Waals surface area contributed by atoms with E-state index in [0.717, 1.165) is 12.1 Å². The van der Waals surface area contributed by atoms with E-state index in [4.69, 9.17) is 10.5 Å². The second kappa shape index (κ2) is 7.07. The minimum Gasteiger partial charge on any atom is -0.399 e. The molecular formula is C15H18N2O2S. The lowest BCUT2D eigenvalue weighted by molar-refractivity contribution is -0.122. The van der Waals surface area contributed by atoms with Gasteiger partial charge >= 0.3 is 0 Å². The third-order valence-electron chi connectivity index (χ3n) is 2.95. The van der Waals surface area contributed by atoms with Crippen LogP contribution in [0.2, 0.25) is 0 Å². The molecule has 0 fully saturated rings. The van der Waals surface area contributed by atoms with Gasteiger partial charge in [-0.1, -0.05) is 6.07 Å². The number of hydrogen-bond donors (Lipinski definition) is 1. The molecule has 0 atom stereocenters. The van der Waals surface area contributed by atoms with Crippen molar-refractivity contribution < 1.29 is 9.53 Å². The number of anilines is 2. The third kappa shape index (κ3) is 4.08. The molecule has 4 nitrogen and oxygen atoms in total. The standard InChI is InChI=1S/C15H18N2O2S/c1-17(13-6-4-12(16)5-7-13)15(18)11-19-9-8-14-3-2-10-20-14/h2-7,10H,8-9,11,16H2,1H3. The summed E-state index contributed by atoms with van der Waals surface area (Å²) in [6.45, 7) is 0.647. The number of nitrogens with two attached hydrogens (primary N) is 1. The molecule has 0 saturated carbocycles. The highest BCUT2D eigenvalue weighted by molar-refractivity contribution is 7.09. The molecule has 0 bridgehead atoms. The molecule has 0 unspecified atom stereocenters. The second-order valence-electron chi connectivity index (χ2n) is 4.43. The van der Waals surface area contributed by atoms with Crippen LogP contribution in [0.15, 0.2) is 41.8 Å². The van der Waals surface area contributed by atoms with Crippen molar-refractivity contribution in [3.8, 4) is 0 Å². The van der Waals surface area contributed by atoms with Crippen LogP contribution in [0, 0.1) is 0 Å². The van der Waals surface area contributed by atoms with E-state index >= 15 is 0 Å². The van der Waals surface area contributed by atoms with Gasteiger partial charge in [0.25, 0.3) is 5.91 Å². The lowest BCUT2D eigenvalue weighted by Crippen LogP contribution is -2.30. The smallest absolute Gasteiger partial charge is 0.252 e. The van der Waals surface area contributed by atoms with Crippen LogP contribution in [0.5, 0.6) is 0 Å². The Labute approximate surface area is 122 Å². The van der Waals surface area contributed by atoms with Gasteiger partial charge in [-0.25, -0.2) is 0 Å². The number of ether oxygens (including phenoxy) is 1. The fourth-order valence-electron chi connectivity index (χ4n) is 1.73. The number of amides is 1. The average Bonchev–Trinajstić information content (AvgIpc) is 2.96. The van der Waals surface area contributed by atoms with E-state index in [2.05, 4.69) is 6.07 Å². The van der Waals surface area contributed by atoms with Crippen LogP contribution in [-0.2, 0) is 16.0 Å². The van der Waals surface area contributed by atoms with Crippen molar-refractivity contribution in [2.75, 3.05) is 30.9 Å². The summed E-state index contributed by atoms with van der Waals surface area (Å²) < 4.78 is 5.43. The van der Waals surface area contributed by atoms with Crippen molar-refractivity contribution >= 4 is 28.6 Å². The molecule has 20 heavy (non-hydrogen) atoms. The number of nitrogens with zero attached hydrogens (tertiary/aromatic N) is 1. The summed E-state index contributed by atoms with van der Waals surface area (Å²) in [6, 6.07) is 11.3. The van der Waals surface area contributed by atoms with Gasteiger partial charge in [0.15, 0.2) is 0 Å². The van der Waals surface area contributed by atoms with Gasteiger partial charge < -0.3 is 15.4 Å². The Kier molecular flexibility index (Phi) is 5.15. The summed E-state index contributed by atoms with van der Waals surface area (Å²) in [5.41, 5.74) is 7.11. The predicted octanol–water partition coefficient (Wildman–Crippen LogP) is 2.55. The number of thiophene rings is 1. The molecule has 0 aliphatic carbocycles. The summed E-state index contributed by atoms with van der Waals surface area (Å²) in [4.78, 5) is 14.8. The van der Waals surface area contributed by atoms with E-state index in [0.29, 0.717) is 12.3 Å². The van der Waals surface area contributed by atoms with Crippen LogP contribution in [-0.4, -0.2) is 26.2 Å². The Morgan fingerprint density at radius 2 is 2.05 bits per heavy atom. The van der Waals surface area contributed by atoms with Crippen LogP contribution < -0.4 is 10.6 Å². The summed E-state index contributed by atoms with van der Waals surface area (Å²) in [5.74, 6) is -0.0686. The van der Waals surface area contributed by atoms with Crippen LogP contribution in [0.3, 0.4) is 0 Å². The zero-order valence-electron chi connectivity index (χ0n) is 11.4. The molecule has 1 aromatic heterocycles. The number of likely N-dealkylation sites (N-methyl/N-ethyl adjacent to an activating group) is 1. The maximum Gasteiger partial charge on any atom is 0.252 e. The summed E-state index contributed by atoms with van der Waals surface area (Å²) >= 11 is 1.70. The number of hydrogen-bond acceptors (Lipinski definition) is 4. The fraction of sp³-hybridized carbons (Fsp3) is 0.267. The predicted molar refractivity (Wildman–Crippen MR) is 83.1 cm³/mol. The highest BCUT2D eigenvalue weighted by Crippen LogP contribution is 2.15. The fourth-order valence-corrected chi connectivity index (χ4v) is 2.42. The van der Waals surface area contributed by atoms with Crippen LogP contribution in [0.4, 0.5) is 11.4 Å². The SMILES string of the molecule is CN(C(=O)COCCc1cccs1)c1ccc(N)cc1. The first-order valence-electron chi connectivity index (χ1n) is 6.39. The minimum absolute atomic E-state index is 0.0686. The first-order valence-corrected chi connectivity index (χ1v) is 7.27. The topological polar surface area (TPSA) is 55.6 Å². The van der Waals surface area contributed by atoms with Crippen molar-refractivity contribution in [2.45, 2.75) is 6.42 Å². The maximum absolute atomic E-state index is 12.0. The molecular weight excluding hydrogens is 272 g/mol. The zero-order valence-corrected chi connectivity index (χ0v) is 12.2. The number of carbonyl (C=O) groups is 1. The van der Waals surface area contributed by atoms with Crippen LogP contribution >= 0.6 is 11.3 Å². The lowest BCUT2D eigenvalue weighted by Gasteiger charge is -2.17. The maximum atomic E-state index is 12.0. The number of nitrogen functional groups attached to an aromatic ring is 1. The number of carbonyl (C=O) groups excluding carboxylic acids is 1. The molecule has 1 amide bonds. The van der Waals surface area contributed by atoms with Gasteiger partial charge in [-0.05, 0) is 35.7 Å². The van der Waals surface area contributed by atoms with Gasteiger partial charge in [0.1, 0.15) is 6.61 Å². The van der Waals surface area contributed by atoms with E-state index in [1.54, 1.807) is 35.4 Å². The monoisotopic (exact) mass is 290 g/mol. The largest absolute Gasteiger partial charge is 0.399 e. The first kappa shape index (κ1) is 14.6. The van der Waals surface area contributed by atoms with Crippen molar-refractivity contribution in [1.82, 2.24) is 0 Å². The van der Waals surface area contributed by atoms with Crippen LogP contribution in [0.25, 0.3) is 0 Å². The first-order chi connectivity index (χ1) is 9.66. The second-order valence-corrected chi connectivity index (χ2v) is 5.46. The number of rotatable bonds is 6. The van der Waals surface area contributed by atoms with E-state index < -0.39 is 0 Å². The van der Waals surface area contributed by atoms with Gasteiger partial charge in [0.05, 0.1) is 6.61 Å². The summed E-state index contributed by atoms with van der Waals surface area (Å²) in [6.07, 6.45) is 0.844. The van der Waals surface area contributed by atoms with E-state index in [1.807, 2.05) is 23.6 Å². The quantitative estimate of drug-likeness (QED) is 0.657. The molecule has 5 heteroatoms. The molecule has 0 aliphatic heterocycles. The van der Waals surface area contributed by atoms with Crippen LogP contribution in [0.1, 0.15) is 4.88 Å². The molecule has 1 aromatic carbocycles. The van der Waals surface area contributed by atoms with Gasteiger partial charge in [-0.3, -0.25) is 4.79 Å². The van der Waals surface area contributed by atoms with Crippen molar-refractivity contribution in [3.63, 3.8) is 0 Å². The molecule has 1 heterocycles. The lowest BCUT2D eigenvalue weighted by atomic mass is 10.2. The van der Waals surface area contributed by atoms with Gasteiger partial charge in [0.2, 0.25) is 0 Å². The average molecular weight is 290 g/mol. The van der Waals surface area contributed by atoms with Crippen molar-refractivity contribution in [1.29, 1.82) is 0 Å². The molecule has 2 aromatic rings. The van der Waals surface area contributed by atoms with Gasteiger partial charge in [-0.2, -0.15) is 0 Å². The van der Waals surface area contributed by atoms with Gasteiger partial charge in [0, 0.05) is 29.7 Å². The molecule has 106 valence electrons. The van der Waals surface area contributed by atoms with Crippen molar-refractivity contribution in [3.05, 3.63) is 46.7 Å². The third-order valence-corrected chi connectivity index (χ3v) is 3.89. The molecule has 2 N–H and O–H groups in total. The molecule has 0 radical (unpaired) electrons. The van der Waals surface area contributed by atoms with E-state index in [1.165, 1.54) is 4.88 Å². The van der Waals surface area contributed by atoms with Gasteiger partial charge in [-0.15, -0.1) is 11.3 Å². The Morgan fingerprint density at radius 1 is 1.30 bits per heavy atom. The Morgan fingerprint density at radius 3 is 2.70 bits per heavy atom. The van der Waals surface area contributed by atoms with E-state index in [-0.39, 0.29) is 12.5 Å². The number of benzene rings is 1. The Hall–Kier alpha value is -1.85. The minimum atomic E-state index is -0.0686. The van der Waals surface area contributed by atoms with E-state index in [9.17, 15) is 4.79 Å². The molecule has 0 aliphatic rings. The normalized spacial score (nSPS) is 10.4. The van der Waals surface area contributed by atoms with Crippen molar-refractivity contribution in [2.24, 2.45) is 0 Å². The summed E-state index contributed by atoms with van der Waals surface area (Å²) in [5, 5.41) is 2.04. The zero-order chi connectivity index (χ0) is 14.4. The summed E-state index contributed by atoms with van der Waals surface area (Å²) in [7, 11) is 1.73. The highest BCUT2D eigenvalue weighted by Gasteiger charge is 2.10. The molecule has 0 saturated heterocycles. The Bertz CT molecular complexity index is 538.